The first-order valence-electron chi connectivity index (χ1n) is 5.17. The molecule has 0 bridgehead atoms. The lowest BCUT2D eigenvalue weighted by Gasteiger charge is -2.30. The molecule has 1 fully saturated rings. The zero-order valence-electron chi connectivity index (χ0n) is 9.26. The minimum atomic E-state index is 0. The van der Waals surface area contributed by atoms with Crippen LogP contribution in [0.25, 0.3) is 0 Å². The Balaban J connectivity index is 0. The Labute approximate surface area is 83.0 Å². The molecule has 3 nitrogen and oxygen atoms in total. The van der Waals surface area contributed by atoms with Crippen molar-refractivity contribution < 1.29 is 6.22 Å². The van der Waals surface area contributed by atoms with Crippen LogP contribution < -0.4 is 5.32 Å². The van der Waals surface area contributed by atoms with E-state index in [0.717, 1.165) is 13.0 Å². The molecule has 1 aliphatic heterocycles. The molecular weight excluding hydrogens is 164 g/mol. The van der Waals surface area contributed by atoms with E-state index in [-0.39, 0.29) is 13.4 Å². The summed E-state index contributed by atoms with van der Waals surface area (Å²) in [6, 6.07) is 0.119. The van der Waals surface area contributed by atoms with E-state index < -0.39 is 0 Å². The number of hydrogen-bond acceptors (Lipinski definition) is 2. The quantitative estimate of drug-likeness (QED) is 0.676. The van der Waals surface area contributed by atoms with Gasteiger partial charge in [0.25, 0.3) is 0 Å². The molecular formula is C10H24N2O. The second-order valence-corrected chi connectivity index (χ2v) is 3.11. The summed E-state index contributed by atoms with van der Waals surface area (Å²) < 4.78 is 0. The molecule has 1 aliphatic rings. The SMILES string of the molecule is CC.CNC(=O)[C@H]1CCCCN1C.[HH]. The molecule has 1 N–H and O–H groups in total. The van der Waals surface area contributed by atoms with E-state index in [2.05, 4.69) is 10.2 Å². The van der Waals surface area contributed by atoms with Gasteiger partial charge in [-0.2, -0.15) is 0 Å². The van der Waals surface area contributed by atoms with Gasteiger partial charge in [0, 0.05) is 8.47 Å². The molecule has 3 heteroatoms. The third-order valence-electron chi connectivity index (χ3n) is 2.32. The number of amides is 1. The van der Waals surface area contributed by atoms with Crippen LogP contribution in [0.5, 0.6) is 0 Å². The number of nitrogens with one attached hydrogen (secondary N) is 1. The summed E-state index contributed by atoms with van der Waals surface area (Å²) in [6.07, 6.45) is 3.42. The molecule has 13 heavy (non-hydrogen) atoms. The van der Waals surface area contributed by atoms with Gasteiger partial charge in [-0.15, -0.1) is 0 Å². The number of rotatable bonds is 1. The third-order valence-corrected chi connectivity index (χ3v) is 2.32. The molecule has 0 saturated carbocycles. The minimum absolute atomic E-state index is 0. The fourth-order valence-electron chi connectivity index (χ4n) is 1.57. The zero-order valence-corrected chi connectivity index (χ0v) is 9.26. The predicted molar refractivity (Wildman–Crippen MR) is 57.8 cm³/mol. The zero-order chi connectivity index (χ0) is 10.3. The summed E-state index contributed by atoms with van der Waals surface area (Å²) in [6.45, 7) is 5.05. The summed E-state index contributed by atoms with van der Waals surface area (Å²) >= 11 is 0. The monoisotopic (exact) mass is 188 g/mol. The van der Waals surface area contributed by atoms with E-state index in [9.17, 15) is 4.79 Å². The number of nitrogens with zero attached hydrogens (tertiary/aromatic N) is 1. The third kappa shape index (κ3) is 3.77. The molecule has 0 unspecified atom stereocenters. The Morgan fingerprint density at radius 2 is 2.08 bits per heavy atom. The van der Waals surface area contributed by atoms with Crippen LogP contribution in [0, 0.1) is 0 Å². The lowest BCUT2D eigenvalue weighted by Crippen LogP contribution is -2.46. The highest BCUT2D eigenvalue weighted by atomic mass is 16.2. The van der Waals surface area contributed by atoms with Crippen molar-refractivity contribution in [3.63, 3.8) is 0 Å². The van der Waals surface area contributed by atoms with Crippen LogP contribution in [-0.4, -0.2) is 37.5 Å². The van der Waals surface area contributed by atoms with Crippen LogP contribution in [-0.2, 0) is 4.79 Å². The molecule has 1 saturated heterocycles. The van der Waals surface area contributed by atoms with Gasteiger partial charge >= 0.3 is 0 Å². The van der Waals surface area contributed by atoms with E-state index in [1.807, 2.05) is 20.9 Å². The van der Waals surface area contributed by atoms with Crippen molar-refractivity contribution in [1.82, 2.24) is 10.2 Å². The minimum Gasteiger partial charge on any atom is -0.358 e. The maximum absolute atomic E-state index is 11.2. The first-order chi connectivity index (χ1) is 6.25. The highest BCUT2D eigenvalue weighted by Gasteiger charge is 2.24. The maximum atomic E-state index is 11.2. The lowest BCUT2D eigenvalue weighted by atomic mass is 10.0. The summed E-state index contributed by atoms with van der Waals surface area (Å²) in [5.74, 6) is 0.159. The molecule has 1 atom stereocenters. The predicted octanol–water partition coefficient (Wildman–Crippen LogP) is 1.49. The summed E-state index contributed by atoms with van der Waals surface area (Å²) in [5.41, 5.74) is 0. The molecule has 80 valence electrons. The van der Waals surface area contributed by atoms with E-state index in [4.69, 9.17) is 0 Å². The smallest absolute Gasteiger partial charge is 0.237 e. The second kappa shape index (κ2) is 6.89. The average Bonchev–Trinajstić information content (AvgIpc) is 2.20. The molecule has 0 aliphatic carbocycles. The van der Waals surface area contributed by atoms with Crippen molar-refractivity contribution >= 4 is 5.91 Å². The van der Waals surface area contributed by atoms with Gasteiger partial charge in [-0.05, 0) is 26.4 Å². The topological polar surface area (TPSA) is 32.3 Å². The van der Waals surface area contributed by atoms with Crippen LogP contribution in [0.4, 0.5) is 0 Å². The first kappa shape index (κ1) is 12.4. The van der Waals surface area contributed by atoms with Gasteiger partial charge < -0.3 is 5.32 Å². The molecule has 0 spiro atoms. The van der Waals surface area contributed by atoms with Gasteiger partial charge in [-0.3, -0.25) is 9.69 Å². The average molecular weight is 188 g/mol. The Morgan fingerprint density at radius 1 is 1.46 bits per heavy atom. The Kier molecular flexibility index (Phi) is 6.59. The molecule has 0 aromatic rings. The molecule has 1 amide bonds. The van der Waals surface area contributed by atoms with Crippen molar-refractivity contribution in [3.05, 3.63) is 0 Å². The van der Waals surface area contributed by atoms with E-state index >= 15 is 0 Å². The fourth-order valence-corrected chi connectivity index (χ4v) is 1.57. The first-order valence-corrected chi connectivity index (χ1v) is 5.17. The van der Waals surface area contributed by atoms with Crippen molar-refractivity contribution in [2.24, 2.45) is 0 Å². The largest absolute Gasteiger partial charge is 0.358 e. The van der Waals surface area contributed by atoms with Gasteiger partial charge in [-0.1, -0.05) is 20.3 Å². The Morgan fingerprint density at radius 3 is 2.54 bits per heavy atom. The molecule has 0 aromatic carbocycles. The Hall–Kier alpha value is -0.570. The van der Waals surface area contributed by atoms with Crippen molar-refractivity contribution in [1.29, 1.82) is 0 Å². The van der Waals surface area contributed by atoms with Gasteiger partial charge in [0.15, 0.2) is 0 Å². The van der Waals surface area contributed by atoms with Crippen LogP contribution in [0.15, 0.2) is 0 Å². The van der Waals surface area contributed by atoms with Crippen molar-refractivity contribution in [2.45, 2.75) is 39.2 Å². The van der Waals surface area contributed by atoms with Crippen LogP contribution in [0.3, 0.4) is 0 Å². The molecule has 0 aromatic heterocycles. The highest BCUT2D eigenvalue weighted by molar-refractivity contribution is 5.81. The van der Waals surface area contributed by atoms with Crippen molar-refractivity contribution in [2.75, 3.05) is 20.6 Å². The summed E-state index contributed by atoms with van der Waals surface area (Å²) in [5, 5.41) is 2.68. The second-order valence-electron chi connectivity index (χ2n) is 3.11. The number of carbonyl (C=O) groups is 1. The van der Waals surface area contributed by atoms with Gasteiger partial charge in [0.1, 0.15) is 0 Å². The van der Waals surface area contributed by atoms with Gasteiger partial charge in [0.2, 0.25) is 5.91 Å². The molecule has 1 heterocycles. The number of likely N-dealkylation sites (tertiary alicyclic amines) is 1. The highest BCUT2D eigenvalue weighted by Crippen LogP contribution is 2.14. The maximum Gasteiger partial charge on any atom is 0.237 e. The van der Waals surface area contributed by atoms with Gasteiger partial charge in [0.05, 0.1) is 6.04 Å². The lowest BCUT2D eigenvalue weighted by molar-refractivity contribution is -0.126. The van der Waals surface area contributed by atoms with Crippen molar-refractivity contribution in [3.8, 4) is 0 Å². The van der Waals surface area contributed by atoms with E-state index in [1.165, 1.54) is 12.8 Å². The molecule has 0 radical (unpaired) electrons. The number of carbonyl (C=O) groups excluding carboxylic acids is 1. The standard InChI is InChI=1S/C8H16N2O.C2H6.H2/c1-9-8(11)7-5-3-4-6-10(7)2;1-2;/h7H,3-6H2,1-2H3,(H,9,11);1-2H3;1H/t7-;;/m1../s1. The normalized spacial score (nSPS) is 22.9. The van der Waals surface area contributed by atoms with Crippen LogP contribution in [0.2, 0.25) is 0 Å². The van der Waals surface area contributed by atoms with Gasteiger partial charge in [-0.25, -0.2) is 0 Å². The summed E-state index contributed by atoms with van der Waals surface area (Å²) in [7, 11) is 3.71. The van der Waals surface area contributed by atoms with Crippen LogP contribution >= 0.6 is 0 Å². The number of likely N-dealkylation sites (N-methyl/N-ethyl adjacent to an activating group) is 2. The Bertz CT molecular complexity index is 153. The van der Waals surface area contributed by atoms with E-state index in [1.54, 1.807) is 7.05 Å². The number of piperidine rings is 1. The summed E-state index contributed by atoms with van der Waals surface area (Å²) in [4.78, 5) is 13.4. The number of hydrogen-bond donors (Lipinski definition) is 1. The molecule has 1 rings (SSSR count). The van der Waals surface area contributed by atoms with Crippen LogP contribution in [0.1, 0.15) is 34.5 Å². The fraction of sp³-hybridized carbons (Fsp3) is 0.900. The van der Waals surface area contributed by atoms with E-state index in [0.29, 0.717) is 0 Å².